The lowest BCUT2D eigenvalue weighted by Crippen LogP contribution is -2.50. The number of thiocarbonyl (C=S) groups is 1. The lowest BCUT2D eigenvalue weighted by molar-refractivity contribution is -0.137. The molecular weight excluding hydrogens is 433 g/mol. The Morgan fingerprint density at radius 1 is 1.12 bits per heavy atom. The van der Waals surface area contributed by atoms with Gasteiger partial charge in [-0.25, -0.2) is 0 Å². The second-order valence-electron chi connectivity index (χ2n) is 8.71. The monoisotopic (exact) mass is 466 g/mol. The number of piperidine rings is 1. The first-order chi connectivity index (χ1) is 15.2. The highest BCUT2D eigenvalue weighted by Gasteiger charge is 2.30. The first-order valence-corrected chi connectivity index (χ1v) is 11.6. The number of piperazine rings is 1. The number of halogens is 3. The van der Waals surface area contributed by atoms with E-state index in [4.69, 9.17) is 12.2 Å². The van der Waals surface area contributed by atoms with E-state index in [-0.39, 0.29) is 5.92 Å². The van der Waals surface area contributed by atoms with E-state index in [0.29, 0.717) is 6.04 Å². The summed E-state index contributed by atoms with van der Waals surface area (Å²) in [5.41, 5.74) is 1.11. The van der Waals surface area contributed by atoms with Gasteiger partial charge in [0.2, 0.25) is 0 Å². The number of nitrogens with zero attached hydrogens (tertiary/aromatic N) is 3. The Morgan fingerprint density at radius 3 is 2.25 bits per heavy atom. The first-order valence-electron chi connectivity index (χ1n) is 11.2. The normalized spacial score (nSPS) is 19.5. The van der Waals surface area contributed by atoms with Crippen molar-refractivity contribution in [3.63, 3.8) is 0 Å². The van der Waals surface area contributed by atoms with Crippen LogP contribution < -0.4 is 10.2 Å². The number of allylic oxidation sites excluding steroid dienone is 1. The molecule has 8 heteroatoms. The summed E-state index contributed by atoms with van der Waals surface area (Å²) >= 11 is 5.80. The fourth-order valence-corrected chi connectivity index (χ4v) is 4.65. The summed E-state index contributed by atoms with van der Waals surface area (Å²) < 4.78 is 38.3. The van der Waals surface area contributed by atoms with Crippen LogP contribution in [-0.2, 0) is 6.18 Å². The third-order valence-electron chi connectivity index (χ3n) is 6.33. The SMILES string of the molecule is C=CC(=C)NC1CCN(C(=S)C(C)CN2CCN(c3ccc(C(F)(F)F)cc3)CC2)CC1. The van der Waals surface area contributed by atoms with Gasteiger partial charge in [-0.2, -0.15) is 13.2 Å². The number of hydrogen-bond donors (Lipinski definition) is 1. The Labute approximate surface area is 194 Å². The molecule has 2 fully saturated rings. The third kappa shape index (κ3) is 6.48. The van der Waals surface area contributed by atoms with Crippen molar-refractivity contribution in [1.29, 1.82) is 0 Å². The molecule has 4 nitrogen and oxygen atoms in total. The maximum absolute atomic E-state index is 12.8. The third-order valence-corrected chi connectivity index (χ3v) is 6.99. The van der Waals surface area contributed by atoms with Gasteiger partial charge in [0, 0.05) is 69.2 Å². The van der Waals surface area contributed by atoms with Crippen molar-refractivity contribution in [2.45, 2.75) is 32.0 Å². The van der Waals surface area contributed by atoms with Crippen molar-refractivity contribution in [2.24, 2.45) is 5.92 Å². The zero-order valence-corrected chi connectivity index (χ0v) is 19.5. The second kappa shape index (κ2) is 10.7. The van der Waals surface area contributed by atoms with Gasteiger partial charge in [-0.05, 0) is 43.2 Å². The summed E-state index contributed by atoms with van der Waals surface area (Å²) in [7, 11) is 0. The number of anilines is 1. The van der Waals surface area contributed by atoms with Gasteiger partial charge in [0.25, 0.3) is 0 Å². The van der Waals surface area contributed by atoms with Crippen molar-refractivity contribution in [3.8, 4) is 0 Å². The average Bonchev–Trinajstić information content (AvgIpc) is 2.79. The molecule has 0 spiro atoms. The maximum atomic E-state index is 12.8. The molecule has 0 saturated carbocycles. The zero-order chi connectivity index (χ0) is 23.3. The predicted octanol–water partition coefficient (Wildman–Crippen LogP) is 4.54. The van der Waals surface area contributed by atoms with Crippen LogP contribution in [0.5, 0.6) is 0 Å². The van der Waals surface area contributed by atoms with Crippen molar-refractivity contribution >= 4 is 22.9 Å². The lowest BCUT2D eigenvalue weighted by atomic mass is 10.0. The van der Waals surface area contributed by atoms with Crippen molar-refractivity contribution in [1.82, 2.24) is 15.1 Å². The van der Waals surface area contributed by atoms with Crippen LogP contribution in [0.15, 0.2) is 49.2 Å². The van der Waals surface area contributed by atoms with Gasteiger partial charge in [0.1, 0.15) is 0 Å². The molecule has 1 aromatic carbocycles. The number of benzene rings is 1. The number of rotatable bonds is 7. The fourth-order valence-electron chi connectivity index (χ4n) is 4.39. The minimum atomic E-state index is -4.29. The lowest BCUT2D eigenvalue weighted by Gasteiger charge is -2.39. The number of nitrogens with one attached hydrogen (secondary N) is 1. The Hall–Kier alpha value is -2.06. The van der Waals surface area contributed by atoms with Crippen LogP contribution in [0.3, 0.4) is 0 Å². The van der Waals surface area contributed by atoms with Gasteiger partial charge in [0.05, 0.1) is 10.6 Å². The quantitative estimate of drug-likeness (QED) is 0.469. The molecule has 1 aromatic rings. The highest BCUT2D eigenvalue weighted by Crippen LogP contribution is 2.30. The molecular formula is C24H33F3N4S. The number of hydrogen-bond acceptors (Lipinski definition) is 4. The topological polar surface area (TPSA) is 21.8 Å². The van der Waals surface area contributed by atoms with Gasteiger partial charge in [-0.15, -0.1) is 0 Å². The van der Waals surface area contributed by atoms with Crippen LogP contribution in [0.2, 0.25) is 0 Å². The molecule has 3 rings (SSSR count). The van der Waals surface area contributed by atoms with Gasteiger partial charge < -0.3 is 15.1 Å². The largest absolute Gasteiger partial charge is 0.416 e. The Kier molecular flexibility index (Phi) is 8.22. The van der Waals surface area contributed by atoms with Gasteiger partial charge in [0.15, 0.2) is 0 Å². The highest BCUT2D eigenvalue weighted by molar-refractivity contribution is 7.80. The highest BCUT2D eigenvalue weighted by atomic mass is 32.1. The van der Waals surface area contributed by atoms with E-state index in [1.807, 2.05) is 0 Å². The molecule has 0 radical (unpaired) electrons. The van der Waals surface area contributed by atoms with E-state index in [1.165, 1.54) is 0 Å². The molecule has 0 aromatic heterocycles. The van der Waals surface area contributed by atoms with E-state index in [0.717, 1.165) is 87.2 Å². The summed E-state index contributed by atoms with van der Waals surface area (Å²) in [6.07, 6.45) is -0.481. The Balaban J connectivity index is 1.42. The molecule has 1 N–H and O–H groups in total. The second-order valence-corrected chi connectivity index (χ2v) is 9.12. The first kappa shape index (κ1) is 24.6. The molecule has 0 bridgehead atoms. The Morgan fingerprint density at radius 2 is 1.72 bits per heavy atom. The van der Waals surface area contributed by atoms with Gasteiger partial charge in [-0.1, -0.05) is 32.3 Å². The summed E-state index contributed by atoms with van der Waals surface area (Å²) in [6.45, 7) is 16.0. The summed E-state index contributed by atoms with van der Waals surface area (Å²) in [5, 5.41) is 3.40. The maximum Gasteiger partial charge on any atom is 0.416 e. The Bertz CT molecular complexity index is 792. The average molecular weight is 467 g/mol. The van der Waals surface area contributed by atoms with E-state index in [2.05, 4.69) is 40.1 Å². The van der Waals surface area contributed by atoms with Crippen LogP contribution in [0, 0.1) is 5.92 Å². The van der Waals surface area contributed by atoms with Crippen LogP contribution in [0.25, 0.3) is 0 Å². The number of likely N-dealkylation sites (tertiary alicyclic amines) is 1. The summed E-state index contributed by atoms with van der Waals surface area (Å²) in [5.74, 6) is 0.287. The molecule has 0 amide bonds. The molecule has 2 heterocycles. The van der Waals surface area contributed by atoms with Gasteiger partial charge >= 0.3 is 6.18 Å². The molecule has 32 heavy (non-hydrogen) atoms. The predicted molar refractivity (Wildman–Crippen MR) is 129 cm³/mol. The fraction of sp³-hybridized carbons (Fsp3) is 0.542. The molecule has 0 aliphatic carbocycles. The molecule has 176 valence electrons. The minimum absolute atomic E-state index is 0.287. The molecule has 2 aliphatic heterocycles. The van der Waals surface area contributed by atoms with E-state index >= 15 is 0 Å². The van der Waals surface area contributed by atoms with Crippen LogP contribution >= 0.6 is 12.2 Å². The minimum Gasteiger partial charge on any atom is -0.383 e. The van der Waals surface area contributed by atoms with Gasteiger partial charge in [-0.3, -0.25) is 4.90 Å². The number of alkyl halides is 3. The van der Waals surface area contributed by atoms with E-state index < -0.39 is 11.7 Å². The van der Waals surface area contributed by atoms with Crippen molar-refractivity contribution in [3.05, 3.63) is 54.8 Å². The van der Waals surface area contributed by atoms with Crippen LogP contribution in [-0.4, -0.2) is 66.6 Å². The van der Waals surface area contributed by atoms with E-state index in [9.17, 15) is 13.2 Å². The molecule has 2 saturated heterocycles. The smallest absolute Gasteiger partial charge is 0.383 e. The van der Waals surface area contributed by atoms with Crippen LogP contribution in [0.4, 0.5) is 18.9 Å². The summed E-state index contributed by atoms with van der Waals surface area (Å²) in [6, 6.07) is 5.88. The standard InChI is InChI=1S/C24H33F3N4S/c1-4-19(3)28-21-9-11-31(12-10-21)23(32)18(2)17-29-13-15-30(16-14-29)22-7-5-20(6-8-22)24(25,26)27/h4-8,18,21,28H,1,3,9-17H2,2H3. The zero-order valence-electron chi connectivity index (χ0n) is 18.7. The van der Waals surface area contributed by atoms with Crippen molar-refractivity contribution in [2.75, 3.05) is 50.7 Å². The molecule has 1 atom stereocenters. The van der Waals surface area contributed by atoms with E-state index in [1.54, 1.807) is 18.2 Å². The summed E-state index contributed by atoms with van der Waals surface area (Å²) in [4.78, 5) is 7.90. The molecule has 1 unspecified atom stereocenters. The molecule has 2 aliphatic rings. The van der Waals surface area contributed by atoms with Crippen LogP contribution in [0.1, 0.15) is 25.3 Å². The van der Waals surface area contributed by atoms with Crippen molar-refractivity contribution < 1.29 is 13.2 Å².